The Morgan fingerprint density at radius 1 is 1.00 bits per heavy atom. The minimum Gasteiger partial charge on any atom is -0.398 e. The Morgan fingerprint density at radius 2 is 1.60 bits per heavy atom. The third-order valence-electron chi connectivity index (χ3n) is 2.27. The molecule has 1 atom stereocenters. The first kappa shape index (κ1) is 11.8. The molecule has 1 aliphatic carbocycles. The van der Waals surface area contributed by atoms with Gasteiger partial charge in [0.15, 0.2) is 0 Å². The fourth-order valence-corrected chi connectivity index (χ4v) is 1.62. The highest BCUT2D eigenvalue weighted by Crippen LogP contribution is 2.11. The average Bonchev–Trinajstić information content (AvgIpc) is 2.10. The lowest BCUT2D eigenvalue weighted by molar-refractivity contribution is 0.537. The third kappa shape index (κ3) is 3.76. The lowest BCUT2D eigenvalue weighted by Crippen LogP contribution is -2.34. The van der Waals surface area contributed by atoms with E-state index >= 15 is 0 Å². The molecular formula is C13H20N2. The minimum atomic E-state index is 0.275. The summed E-state index contributed by atoms with van der Waals surface area (Å²) < 4.78 is 0. The molecule has 0 saturated carbocycles. The smallest absolute Gasteiger partial charge is 0.0362 e. The summed E-state index contributed by atoms with van der Waals surface area (Å²) in [5.74, 6) is 0. The number of allylic oxidation sites excluding steroid dienone is 5. The lowest BCUT2D eigenvalue weighted by Gasteiger charge is -2.19. The molecule has 1 unspecified atom stereocenters. The number of hydrogen-bond donors (Lipinski definition) is 2. The maximum atomic E-state index is 5.99. The molecule has 2 heteroatoms. The van der Waals surface area contributed by atoms with Gasteiger partial charge < -0.3 is 11.1 Å². The van der Waals surface area contributed by atoms with E-state index in [4.69, 9.17) is 5.73 Å². The fraction of sp³-hybridized carbons (Fsp3) is 0.385. The number of nitrogens with two attached hydrogens (primary N) is 1. The van der Waals surface area contributed by atoms with Crippen molar-refractivity contribution in [3.05, 3.63) is 47.7 Å². The van der Waals surface area contributed by atoms with E-state index in [1.807, 2.05) is 30.4 Å². The van der Waals surface area contributed by atoms with Crippen molar-refractivity contribution in [3.8, 4) is 0 Å². The van der Waals surface area contributed by atoms with Crippen LogP contribution in [0.2, 0.25) is 0 Å². The zero-order valence-electron chi connectivity index (χ0n) is 9.70. The Morgan fingerprint density at radius 3 is 2.20 bits per heavy atom. The van der Waals surface area contributed by atoms with Gasteiger partial charge in [0.1, 0.15) is 0 Å². The third-order valence-corrected chi connectivity index (χ3v) is 2.27. The Balaban J connectivity index is 2.85. The Labute approximate surface area is 92.2 Å². The second kappa shape index (κ2) is 5.56. The zero-order valence-corrected chi connectivity index (χ0v) is 9.70. The van der Waals surface area contributed by atoms with Crippen LogP contribution in [-0.4, -0.2) is 12.1 Å². The van der Waals surface area contributed by atoms with Crippen LogP contribution in [0, 0.1) is 0 Å². The molecule has 0 bridgehead atoms. The van der Waals surface area contributed by atoms with Gasteiger partial charge in [-0.1, -0.05) is 44.2 Å². The van der Waals surface area contributed by atoms with Crippen molar-refractivity contribution in [1.82, 2.24) is 5.32 Å². The van der Waals surface area contributed by atoms with Gasteiger partial charge in [0.2, 0.25) is 0 Å². The van der Waals surface area contributed by atoms with Crippen LogP contribution in [0.25, 0.3) is 0 Å². The topological polar surface area (TPSA) is 38.0 Å². The first-order chi connectivity index (χ1) is 7.11. The molecule has 15 heavy (non-hydrogen) atoms. The fourth-order valence-electron chi connectivity index (χ4n) is 1.62. The molecule has 0 aromatic rings. The Kier molecular flexibility index (Phi) is 4.37. The molecule has 82 valence electrons. The summed E-state index contributed by atoms with van der Waals surface area (Å²) in [4.78, 5) is 0. The van der Waals surface area contributed by atoms with Crippen LogP contribution in [0.15, 0.2) is 47.7 Å². The molecule has 0 aromatic carbocycles. The van der Waals surface area contributed by atoms with E-state index in [0.29, 0.717) is 6.04 Å². The highest BCUT2D eigenvalue weighted by atomic mass is 14.9. The number of rotatable bonds is 3. The number of nitrogens with one attached hydrogen (secondary N) is 1. The van der Waals surface area contributed by atoms with Crippen molar-refractivity contribution in [2.45, 2.75) is 32.9 Å². The van der Waals surface area contributed by atoms with Crippen LogP contribution in [0.1, 0.15) is 20.8 Å². The number of hydrogen-bond acceptors (Lipinski definition) is 2. The largest absolute Gasteiger partial charge is 0.398 e. The monoisotopic (exact) mass is 204 g/mol. The average molecular weight is 204 g/mol. The molecule has 0 saturated heterocycles. The molecule has 0 fully saturated rings. The van der Waals surface area contributed by atoms with E-state index in [0.717, 1.165) is 11.3 Å². The summed E-state index contributed by atoms with van der Waals surface area (Å²) in [5, 5.41) is 3.44. The molecule has 0 aliphatic heterocycles. The van der Waals surface area contributed by atoms with Crippen LogP contribution >= 0.6 is 0 Å². The molecule has 0 aromatic heterocycles. The molecule has 1 aliphatic rings. The SMILES string of the molecule is CC(C)NC(C)C1=C(N)\C=C/C=C\C=C\1. The van der Waals surface area contributed by atoms with E-state index in [2.05, 4.69) is 32.2 Å². The van der Waals surface area contributed by atoms with Crippen molar-refractivity contribution < 1.29 is 0 Å². The summed E-state index contributed by atoms with van der Waals surface area (Å²) in [7, 11) is 0. The van der Waals surface area contributed by atoms with Gasteiger partial charge >= 0.3 is 0 Å². The van der Waals surface area contributed by atoms with E-state index in [1.165, 1.54) is 0 Å². The second-order valence-corrected chi connectivity index (χ2v) is 4.06. The summed E-state index contributed by atoms with van der Waals surface area (Å²) in [5.41, 5.74) is 7.97. The van der Waals surface area contributed by atoms with Gasteiger partial charge in [-0.25, -0.2) is 0 Å². The molecule has 2 nitrogen and oxygen atoms in total. The quantitative estimate of drug-likeness (QED) is 0.740. The Bertz CT molecular complexity index is 319. The van der Waals surface area contributed by atoms with Crippen molar-refractivity contribution in [2.75, 3.05) is 0 Å². The van der Waals surface area contributed by atoms with E-state index < -0.39 is 0 Å². The maximum Gasteiger partial charge on any atom is 0.0362 e. The summed E-state index contributed by atoms with van der Waals surface area (Å²) in [6.45, 7) is 6.40. The molecule has 0 amide bonds. The van der Waals surface area contributed by atoms with Crippen LogP contribution in [0.3, 0.4) is 0 Å². The van der Waals surface area contributed by atoms with Crippen molar-refractivity contribution >= 4 is 0 Å². The van der Waals surface area contributed by atoms with Crippen LogP contribution in [0.5, 0.6) is 0 Å². The molecular weight excluding hydrogens is 184 g/mol. The second-order valence-electron chi connectivity index (χ2n) is 4.06. The van der Waals surface area contributed by atoms with Crippen LogP contribution in [0.4, 0.5) is 0 Å². The predicted molar refractivity (Wildman–Crippen MR) is 66.4 cm³/mol. The summed E-state index contributed by atoms with van der Waals surface area (Å²) in [6.07, 6.45) is 12.0. The van der Waals surface area contributed by atoms with Crippen molar-refractivity contribution in [1.29, 1.82) is 0 Å². The molecule has 3 N–H and O–H groups in total. The normalized spacial score (nSPS) is 29.3. The van der Waals surface area contributed by atoms with Gasteiger partial charge in [0, 0.05) is 17.8 Å². The van der Waals surface area contributed by atoms with Crippen LogP contribution in [-0.2, 0) is 0 Å². The van der Waals surface area contributed by atoms with E-state index in [-0.39, 0.29) is 6.04 Å². The van der Waals surface area contributed by atoms with E-state index in [1.54, 1.807) is 0 Å². The molecule has 0 heterocycles. The zero-order chi connectivity index (χ0) is 11.3. The highest BCUT2D eigenvalue weighted by Gasteiger charge is 2.09. The lowest BCUT2D eigenvalue weighted by atomic mass is 10.0. The highest BCUT2D eigenvalue weighted by molar-refractivity contribution is 5.39. The van der Waals surface area contributed by atoms with Gasteiger partial charge in [0.25, 0.3) is 0 Å². The van der Waals surface area contributed by atoms with Crippen molar-refractivity contribution in [3.63, 3.8) is 0 Å². The van der Waals surface area contributed by atoms with Crippen LogP contribution < -0.4 is 11.1 Å². The van der Waals surface area contributed by atoms with Gasteiger partial charge in [-0.2, -0.15) is 0 Å². The van der Waals surface area contributed by atoms with Gasteiger partial charge in [0.05, 0.1) is 0 Å². The predicted octanol–water partition coefficient (Wildman–Crippen LogP) is 2.27. The molecule has 0 spiro atoms. The standard InChI is InChI=1S/C13H20N2/c1-10(2)15-11(3)12-8-6-4-5-7-9-13(12)14/h4-11,15H,14H2,1-3H3/b5-4-,6-4?,7-5?,8-6+,9-7-,12-8?,13-9?,13-12+. The first-order valence-electron chi connectivity index (χ1n) is 5.38. The van der Waals surface area contributed by atoms with E-state index in [9.17, 15) is 0 Å². The van der Waals surface area contributed by atoms with Gasteiger partial charge in [-0.3, -0.25) is 0 Å². The Hall–Kier alpha value is -1.28. The molecule has 0 radical (unpaired) electrons. The van der Waals surface area contributed by atoms with Crippen molar-refractivity contribution in [2.24, 2.45) is 5.73 Å². The molecule has 1 rings (SSSR count). The van der Waals surface area contributed by atoms with Gasteiger partial charge in [-0.05, 0) is 18.6 Å². The van der Waals surface area contributed by atoms with Gasteiger partial charge in [-0.15, -0.1) is 0 Å². The minimum absolute atomic E-state index is 0.275. The summed E-state index contributed by atoms with van der Waals surface area (Å²) in [6, 6.07) is 0.732. The summed E-state index contributed by atoms with van der Waals surface area (Å²) >= 11 is 0. The first-order valence-corrected chi connectivity index (χ1v) is 5.38. The maximum absolute atomic E-state index is 5.99.